The van der Waals surface area contributed by atoms with Crippen LogP contribution >= 0.6 is 15.9 Å². The fourth-order valence-corrected chi connectivity index (χ4v) is 2.82. The van der Waals surface area contributed by atoms with E-state index >= 15 is 0 Å². The van der Waals surface area contributed by atoms with Crippen molar-refractivity contribution >= 4 is 27.5 Å². The van der Waals surface area contributed by atoms with Crippen LogP contribution in [0.25, 0.3) is 0 Å². The van der Waals surface area contributed by atoms with E-state index in [4.69, 9.17) is 11.5 Å². The number of carbonyl (C=O) groups is 1. The molecular formula is C16H18BrN3O. The van der Waals surface area contributed by atoms with E-state index < -0.39 is 5.91 Å². The second-order valence-electron chi connectivity index (χ2n) is 4.69. The number of halogens is 1. The van der Waals surface area contributed by atoms with E-state index in [0.717, 1.165) is 11.3 Å². The molecular weight excluding hydrogens is 330 g/mol. The second kappa shape index (κ2) is 7.24. The fourth-order valence-electron chi connectivity index (χ4n) is 2.26. The third-order valence-electron chi connectivity index (χ3n) is 3.19. The molecule has 0 unspecified atom stereocenters. The maximum atomic E-state index is 11.7. The highest BCUT2D eigenvalue weighted by Crippen LogP contribution is 2.28. The van der Waals surface area contributed by atoms with Crippen molar-refractivity contribution in [2.24, 2.45) is 11.5 Å². The summed E-state index contributed by atoms with van der Waals surface area (Å²) in [7, 11) is 0. The van der Waals surface area contributed by atoms with Crippen molar-refractivity contribution in [1.82, 2.24) is 0 Å². The van der Waals surface area contributed by atoms with Crippen LogP contribution in [0.3, 0.4) is 0 Å². The second-order valence-corrected chi connectivity index (χ2v) is 5.55. The number of nitrogens with zero attached hydrogens (tertiary/aromatic N) is 1. The molecule has 0 aliphatic rings. The van der Waals surface area contributed by atoms with E-state index in [1.54, 1.807) is 0 Å². The molecule has 0 aliphatic carbocycles. The predicted molar refractivity (Wildman–Crippen MR) is 89.2 cm³/mol. The summed E-state index contributed by atoms with van der Waals surface area (Å²) >= 11 is 3.39. The van der Waals surface area contributed by atoms with Crippen molar-refractivity contribution < 1.29 is 4.79 Å². The molecule has 0 aliphatic heterocycles. The Morgan fingerprint density at radius 2 is 1.81 bits per heavy atom. The maximum absolute atomic E-state index is 11.7. The molecule has 2 aromatic rings. The summed E-state index contributed by atoms with van der Waals surface area (Å²) in [5, 5.41) is 0. The van der Waals surface area contributed by atoms with Crippen molar-refractivity contribution in [3.8, 4) is 0 Å². The van der Waals surface area contributed by atoms with Crippen LogP contribution in [-0.2, 0) is 6.54 Å². The molecule has 0 bridgehead atoms. The molecule has 0 atom stereocenters. The maximum Gasteiger partial charge on any atom is 0.251 e. The van der Waals surface area contributed by atoms with Crippen molar-refractivity contribution in [3.05, 3.63) is 64.1 Å². The van der Waals surface area contributed by atoms with Gasteiger partial charge in [0.25, 0.3) is 5.91 Å². The molecule has 0 saturated carbocycles. The Labute approximate surface area is 132 Å². The zero-order valence-electron chi connectivity index (χ0n) is 11.6. The summed E-state index contributed by atoms with van der Waals surface area (Å²) in [4.78, 5) is 13.8. The van der Waals surface area contributed by atoms with Crippen LogP contribution in [0.2, 0.25) is 0 Å². The Kier molecular flexibility index (Phi) is 5.36. The Hall–Kier alpha value is -1.85. The molecule has 0 heterocycles. The van der Waals surface area contributed by atoms with Crippen molar-refractivity contribution in [2.75, 3.05) is 18.0 Å². The number of benzene rings is 2. The van der Waals surface area contributed by atoms with E-state index in [9.17, 15) is 4.79 Å². The van der Waals surface area contributed by atoms with Crippen LogP contribution in [0, 0.1) is 0 Å². The van der Waals surface area contributed by atoms with Gasteiger partial charge in [0.15, 0.2) is 0 Å². The molecule has 4 N–H and O–H groups in total. The van der Waals surface area contributed by atoms with E-state index in [0.29, 0.717) is 29.7 Å². The molecule has 5 heteroatoms. The number of primary amides is 1. The number of rotatable bonds is 6. The van der Waals surface area contributed by atoms with Gasteiger partial charge in [0, 0.05) is 24.1 Å². The van der Waals surface area contributed by atoms with Gasteiger partial charge in [0.1, 0.15) is 0 Å². The smallest absolute Gasteiger partial charge is 0.251 e. The van der Waals surface area contributed by atoms with Gasteiger partial charge in [-0.25, -0.2) is 0 Å². The predicted octanol–water partition coefficient (Wildman–Crippen LogP) is 2.51. The van der Waals surface area contributed by atoms with Gasteiger partial charge in [-0.2, -0.15) is 0 Å². The lowest BCUT2D eigenvalue weighted by molar-refractivity contribution is 0.1000. The number of hydrogen-bond donors (Lipinski definition) is 2. The molecule has 0 aromatic heterocycles. The van der Waals surface area contributed by atoms with Gasteiger partial charge >= 0.3 is 0 Å². The number of carbonyl (C=O) groups excluding carboxylic acids is 1. The summed E-state index contributed by atoms with van der Waals surface area (Å²) < 4.78 is 0.697. The number of hydrogen-bond acceptors (Lipinski definition) is 3. The lowest BCUT2D eigenvalue weighted by Gasteiger charge is -2.26. The van der Waals surface area contributed by atoms with Gasteiger partial charge in [-0.1, -0.05) is 36.4 Å². The molecule has 0 radical (unpaired) electrons. The van der Waals surface area contributed by atoms with Crippen molar-refractivity contribution in [2.45, 2.75) is 6.54 Å². The largest absolute Gasteiger partial charge is 0.365 e. The van der Waals surface area contributed by atoms with Crippen LogP contribution in [0.1, 0.15) is 15.9 Å². The highest BCUT2D eigenvalue weighted by atomic mass is 79.9. The molecule has 110 valence electrons. The first-order valence-corrected chi connectivity index (χ1v) is 7.50. The minimum Gasteiger partial charge on any atom is -0.365 e. The Morgan fingerprint density at radius 3 is 2.43 bits per heavy atom. The first-order chi connectivity index (χ1) is 10.1. The lowest BCUT2D eigenvalue weighted by atomic mass is 10.1. The average molecular weight is 348 g/mol. The molecule has 2 rings (SSSR count). The highest BCUT2D eigenvalue weighted by Gasteiger charge is 2.17. The van der Waals surface area contributed by atoms with Crippen LogP contribution in [0.5, 0.6) is 0 Å². The molecule has 0 saturated heterocycles. The molecule has 1 amide bonds. The third-order valence-corrected chi connectivity index (χ3v) is 3.85. The minimum absolute atomic E-state index is 0.451. The van der Waals surface area contributed by atoms with Gasteiger partial charge in [-0.3, -0.25) is 4.79 Å². The summed E-state index contributed by atoms with van der Waals surface area (Å²) in [6.45, 7) is 1.82. The molecule has 21 heavy (non-hydrogen) atoms. The summed E-state index contributed by atoms with van der Waals surface area (Å²) in [6.07, 6.45) is 0. The molecule has 0 spiro atoms. The monoisotopic (exact) mass is 347 g/mol. The van der Waals surface area contributed by atoms with Crippen LogP contribution < -0.4 is 16.4 Å². The van der Waals surface area contributed by atoms with Crippen molar-refractivity contribution in [1.29, 1.82) is 0 Å². The molecule has 4 nitrogen and oxygen atoms in total. The van der Waals surface area contributed by atoms with Crippen LogP contribution in [0.4, 0.5) is 5.69 Å². The highest BCUT2D eigenvalue weighted by molar-refractivity contribution is 9.10. The SMILES string of the molecule is NCCN(Cc1ccccc1)c1cccc(Br)c1C(N)=O. The first kappa shape index (κ1) is 15.5. The Morgan fingerprint density at radius 1 is 1.10 bits per heavy atom. The molecule has 0 fully saturated rings. The summed E-state index contributed by atoms with van der Waals surface area (Å²) in [5.41, 5.74) is 13.7. The first-order valence-electron chi connectivity index (χ1n) is 6.70. The van der Waals surface area contributed by atoms with Crippen molar-refractivity contribution in [3.63, 3.8) is 0 Å². The van der Waals surface area contributed by atoms with E-state index in [2.05, 4.69) is 20.8 Å². The Balaban J connectivity index is 2.39. The Bertz CT molecular complexity index is 616. The average Bonchev–Trinajstić information content (AvgIpc) is 2.47. The van der Waals surface area contributed by atoms with Gasteiger partial charge in [-0.15, -0.1) is 0 Å². The topological polar surface area (TPSA) is 72.3 Å². The van der Waals surface area contributed by atoms with Crippen LogP contribution in [0.15, 0.2) is 53.0 Å². The van der Waals surface area contributed by atoms with Crippen LogP contribution in [-0.4, -0.2) is 19.0 Å². The van der Waals surface area contributed by atoms with Gasteiger partial charge < -0.3 is 16.4 Å². The van der Waals surface area contributed by atoms with Gasteiger partial charge in [0.2, 0.25) is 0 Å². The number of nitrogens with two attached hydrogens (primary N) is 2. The molecule has 2 aromatic carbocycles. The lowest BCUT2D eigenvalue weighted by Crippen LogP contribution is -2.31. The van der Waals surface area contributed by atoms with E-state index in [1.807, 2.05) is 48.5 Å². The quantitative estimate of drug-likeness (QED) is 0.843. The minimum atomic E-state index is -0.451. The summed E-state index contributed by atoms with van der Waals surface area (Å²) in [6, 6.07) is 15.6. The van der Waals surface area contributed by atoms with E-state index in [-0.39, 0.29) is 0 Å². The van der Waals surface area contributed by atoms with Gasteiger partial charge in [0.05, 0.1) is 11.3 Å². The van der Waals surface area contributed by atoms with E-state index in [1.165, 1.54) is 0 Å². The number of anilines is 1. The normalized spacial score (nSPS) is 10.4. The zero-order chi connectivity index (χ0) is 15.2. The third kappa shape index (κ3) is 3.83. The standard InChI is InChI=1S/C16H18BrN3O/c17-13-7-4-8-14(15(13)16(19)21)20(10-9-18)11-12-5-2-1-3-6-12/h1-8H,9-11,18H2,(H2,19,21). The van der Waals surface area contributed by atoms with Gasteiger partial charge in [-0.05, 0) is 33.6 Å². The zero-order valence-corrected chi connectivity index (χ0v) is 13.2. The number of amides is 1. The summed E-state index contributed by atoms with van der Waals surface area (Å²) in [5.74, 6) is -0.451. The fraction of sp³-hybridized carbons (Fsp3) is 0.188.